The number of carbonyl (C=O) groups excluding carboxylic acids is 1. The Hall–Kier alpha value is -1.80. The Kier molecular flexibility index (Phi) is 7.56. The van der Waals surface area contributed by atoms with Gasteiger partial charge in [-0.15, -0.1) is 10.2 Å². The average molecular weight is 420 g/mol. The molecule has 1 aromatic carbocycles. The first kappa shape index (κ1) is 20.9. The van der Waals surface area contributed by atoms with Crippen LogP contribution in [0.15, 0.2) is 28.6 Å². The minimum atomic E-state index is -0.244. The molecule has 1 amide bonds. The van der Waals surface area contributed by atoms with Crippen LogP contribution < -0.4 is 15.5 Å². The number of piperidine rings is 1. The lowest BCUT2D eigenvalue weighted by Gasteiger charge is -2.28. The second-order valence-electron chi connectivity index (χ2n) is 7.17. The van der Waals surface area contributed by atoms with E-state index in [9.17, 15) is 4.79 Å². The Morgan fingerprint density at radius 1 is 1.18 bits per heavy atom. The fourth-order valence-corrected chi connectivity index (χ4v) is 4.99. The van der Waals surface area contributed by atoms with Crippen LogP contribution in [0.2, 0.25) is 0 Å². The molecule has 0 radical (unpaired) electrons. The Balaban J connectivity index is 1.51. The number of thioether (sulfide) groups is 1. The van der Waals surface area contributed by atoms with Crippen LogP contribution in [0.5, 0.6) is 0 Å². The molecule has 0 aliphatic carbocycles. The molecule has 1 aromatic heterocycles. The maximum Gasteiger partial charge on any atom is 0.237 e. The molecule has 1 aliphatic rings. The van der Waals surface area contributed by atoms with Gasteiger partial charge in [-0.05, 0) is 63.8 Å². The number of hydrogen-bond donors (Lipinski definition) is 2. The van der Waals surface area contributed by atoms with Gasteiger partial charge >= 0.3 is 0 Å². The van der Waals surface area contributed by atoms with Crippen LogP contribution in [-0.4, -0.2) is 40.5 Å². The molecule has 0 bridgehead atoms. The summed E-state index contributed by atoms with van der Waals surface area (Å²) in [6.07, 6.45) is 4.86. The van der Waals surface area contributed by atoms with Crippen molar-refractivity contribution in [2.45, 2.75) is 62.1 Å². The Labute approximate surface area is 175 Å². The molecule has 1 aliphatic heterocycles. The molecule has 6 nitrogen and oxygen atoms in total. The second-order valence-corrected chi connectivity index (χ2v) is 9.74. The number of benzene rings is 1. The third kappa shape index (κ3) is 5.85. The fraction of sp³-hybridized carbons (Fsp3) is 0.550. The molecular weight excluding hydrogens is 390 g/mol. The van der Waals surface area contributed by atoms with Crippen molar-refractivity contribution >= 4 is 45.5 Å². The van der Waals surface area contributed by atoms with Crippen LogP contribution in [0.1, 0.15) is 46.5 Å². The van der Waals surface area contributed by atoms with Gasteiger partial charge in [0.25, 0.3) is 0 Å². The van der Waals surface area contributed by atoms with E-state index < -0.39 is 0 Å². The van der Waals surface area contributed by atoms with E-state index >= 15 is 0 Å². The summed E-state index contributed by atoms with van der Waals surface area (Å²) in [6.45, 7) is 8.37. The first-order chi connectivity index (χ1) is 13.5. The minimum absolute atomic E-state index is 0.0256. The maximum absolute atomic E-state index is 12.5. The maximum atomic E-state index is 12.5. The van der Waals surface area contributed by atoms with Crippen LogP contribution >= 0.6 is 23.1 Å². The van der Waals surface area contributed by atoms with Crippen molar-refractivity contribution in [2.24, 2.45) is 0 Å². The highest BCUT2D eigenvalue weighted by Gasteiger charge is 2.18. The van der Waals surface area contributed by atoms with Crippen molar-refractivity contribution in [3.05, 3.63) is 24.3 Å². The standard InChI is InChI=1S/C20H29N5OS2/c1-4-14(2)21-19-23-24-20(28-19)27-15(3)18(26)22-16-8-10-17(11-9-16)25-12-6-5-7-13-25/h8-11,14-15H,4-7,12-13H2,1-3H3,(H,21,23)(H,22,26)/t14-,15-/m1/s1. The molecule has 2 N–H and O–H groups in total. The minimum Gasteiger partial charge on any atom is -0.372 e. The number of hydrogen-bond acceptors (Lipinski definition) is 7. The van der Waals surface area contributed by atoms with Crippen molar-refractivity contribution < 1.29 is 4.79 Å². The van der Waals surface area contributed by atoms with E-state index in [1.54, 1.807) is 0 Å². The van der Waals surface area contributed by atoms with Crippen LogP contribution in [-0.2, 0) is 4.79 Å². The number of aromatic nitrogens is 2. The lowest BCUT2D eigenvalue weighted by molar-refractivity contribution is -0.115. The van der Waals surface area contributed by atoms with Crippen molar-refractivity contribution in [3.63, 3.8) is 0 Å². The topological polar surface area (TPSA) is 70.1 Å². The lowest BCUT2D eigenvalue weighted by Crippen LogP contribution is -2.29. The van der Waals surface area contributed by atoms with E-state index in [0.717, 1.165) is 34.7 Å². The molecule has 0 unspecified atom stereocenters. The van der Waals surface area contributed by atoms with Crippen LogP contribution in [0.3, 0.4) is 0 Å². The van der Waals surface area contributed by atoms with E-state index in [2.05, 4.69) is 51.7 Å². The summed E-state index contributed by atoms with van der Waals surface area (Å²) in [7, 11) is 0. The smallest absolute Gasteiger partial charge is 0.237 e. The first-order valence-electron chi connectivity index (χ1n) is 9.97. The normalized spacial score (nSPS) is 16.5. The summed E-state index contributed by atoms with van der Waals surface area (Å²) in [6, 6.07) is 8.52. The van der Waals surface area contributed by atoms with Crippen molar-refractivity contribution in [1.82, 2.24) is 10.2 Å². The molecule has 2 heterocycles. The third-order valence-electron chi connectivity index (χ3n) is 4.89. The number of amides is 1. The van der Waals surface area contributed by atoms with E-state index in [4.69, 9.17) is 0 Å². The van der Waals surface area contributed by atoms with Gasteiger partial charge in [0.2, 0.25) is 11.0 Å². The molecule has 3 rings (SSSR count). The Morgan fingerprint density at radius 2 is 1.89 bits per heavy atom. The van der Waals surface area contributed by atoms with Gasteiger partial charge < -0.3 is 15.5 Å². The van der Waals surface area contributed by atoms with E-state index in [0.29, 0.717) is 6.04 Å². The lowest BCUT2D eigenvalue weighted by atomic mass is 10.1. The van der Waals surface area contributed by atoms with Crippen LogP contribution in [0.4, 0.5) is 16.5 Å². The molecule has 152 valence electrons. The van der Waals surface area contributed by atoms with Gasteiger partial charge in [-0.2, -0.15) is 0 Å². The van der Waals surface area contributed by atoms with Crippen molar-refractivity contribution in [3.8, 4) is 0 Å². The van der Waals surface area contributed by atoms with Gasteiger partial charge in [0, 0.05) is 30.5 Å². The van der Waals surface area contributed by atoms with Gasteiger partial charge in [0.15, 0.2) is 4.34 Å². The number of carbonyl (C=O) groups is 1. The van der Waals surface area contributed by atoms with Gasteiger partial charge in [-0.1, -0.05) is 30.0 Å². The number of nitrogens with zero attached hydrogens (tertiary/aromatic N) is 3. The number of anilines is 3. The molecule has 2 atom stereocenters. The summed E-state index contributed by atoms with van der Waals surface area (Å²) in [4.78, 5) is 14.9. The highest BCUT2D eigenvalue weighted by atomic mass is 32.2. The monoisotopic (exact) mass is 419 g/mol. The average Bonchev–Trinajstić information content (AvgIpc) is 3.15. The number of nitrogens with one attached hydrogen (secondary N) is 2. The Morgan fingerprint density at radius 3 is 2.57 bits per heavy atom. The fourth-order valence-electron chi connectivity index (χ4n) is 2.98. The molecule has 1 fully saturated rings. The van der Waals surface area contributed by atoms with Gasteiger partial charge in [0.05, 0.1) is 5.25 Å². The molecule has 0 saturated carbocycles. The van der Waals surface area contributed by atoms with Crippen LogP contribution in [0, 0.1) is 0 Å². The van der Waals surface area contributed by atoms with Gasteiger partial charge in [0.1, 0.15) is 0 Å². The molecule has 28 heavy (non-hydrogen) atoms. The number of rotatable bonds is 8. The van der Waals surface area contributed by atoms with Crippen molar-refractivity contribution in [2.75, 3.05) is 28.6 Å². The second kappa shape index (κ2) is 10.1. The molecule has 8 heteroatoms. The zero-order valence-corrected chi connectivity index (χ0v) is 18.4. The van der Waals surface area contributed by atoms with E-state index in [1.165, 1.54) is 48.0 Å². The molecular formula is C20H29N5OS2. The highest BCUT2D eigenvalue weighted by molar-refractivity contribution is 8.02. The van der Waals surface area contributed by atoms with Crippen molar-refractivity contribution in [1.29, 1.82) is 0 Å². The highest BCUT2D eigenvalue weighted by Crippen LogP contribution is 2.30. The molecule has 0 spiro atoms. The van der Waals surface area contributed by atoms with E-state index in [1.807, 2.05) is 19.1 Å². The summed E-state index contributed by atoms with van der Waals surface area (Å²) in [5.74, 6) is -0.0256. The predicted octanol–water partition coefficient (Wildman–Crippen LogP) is 4.86. The summed E-state index contributed by atoms with van der Waals surface area (Å²) < 4.78 is 0.800. The summed E-state index contributed by atoms with van der Waals surface area (Å²) in [5.41, 5.74) is 2.06. The third-order valence-corrected chi connectivity index (χ3v) is 6.93. The van der Waals surface area contributed by atoms with Gasteiger partial charge in [-0.25, -0.2) is 0 Å². The summed E-state index contributed by atoms with van der Waals surface area (Å²) in [5, 5.41) is 15.2. The predicted molar refractivity (Wildman–Crippen MR) is 120 cm³/mol. The van der Waals surface area contributed by atoms with Gasteiger partial charge in [-0.3, -0.25) is 4.79 Å². The summed E-state index contributed by atoms with van der Waals surface area (Å²) >= 11 is 2.93. The largest absolute Gasteiger partial charge is 0.372 e. The first-order valence-corrected chi connectivity index (χ1v) is 11.7. The van der Waals surface area contributed by atoms with E-state index in [-0.39, 0.29) is 11.2 Å². The molecule has 1 saturated heterocycles. The van der Waals surface area contributed by atoms with Crippen LogP contribution in [0.25, 0.3) is 0 Å². The SMILES string of the molecule is CC[C@@H](C)Nc1nnc(S[C@H](C)C(=O)Nc2ccc(N3CCCCC3)cc2)s1. The molecule has 2 aromatic rings. The Bertz CT molecular complexity index is 758. The quantitative estimate of drug-likeness (QED) is 0.596. The zero-order valence-electron chi connectivity index (χ0n) is 16.8. The zero-order chi connectivity index (χ0) is 19.9.